The van der Waals surface area contributed by atoms with E-state index in [4.69, 9.17) is 5.73 Å². The molecule has 0 aliphatic rings. The summed E-state index contributed by atoms with van der Waals surface area (Å²) in [6.07, 6.45) is 0. The molecule has 0 amide bonds. The van der Waals surface area contributed by atoms with Gasteiger partial charge in [-0.2, -0.15) is 0 Å². The third kappa shape index (κ3) is 4.73. The Hall–Kier alpha value is -1.84. The van der Waals surface area contributed by atoms with Crippen LogP contribution in [0.1, 0.15) is 26.3 Å². The predicted molar refractivity (Wildman–Crippen MR) is 78.7 cm³/mol. The van der Waals surface area contributed by atoms with E-state index in [9.17, 15) is 4.39 Å². The number of nitrogens with zero attached hydrogens (tertiary/aromatic N) is 1. The van der Waals surface area contributed by atoms with Crippen LogP contribution >= 0.6 is 0 Å². The average molecular weight is 263 g/mol. The first-order valence-electron chi connectivity index (χ1n) is 6.26. The van der Waals surface area contributed by atoms with Gasteiger partial charge in [0.1, 0.15) is 5.82 Å². The Morgan fingerprint density at radius 3 is 2.63 bits per heavy atom. The van der Waals surface area contributed by atoms with Gasteiger partial charge < -0.3 is 11.1 Å². The first-order valence-corrected chi connectivity index (χ1v) is 6.26. The van der Waals surface area contributed by atoms with Crippen molar-refractivity contribution < 1.29 is 4.39 Å². The topological polar surface area (TPSA) is 50.4 Å². The van der Waals surface area contributed by atoms with Crippen LogP contribution in [-0.4, -0.2) is 19.0 Å². The maximum absolute atomic E-state index is 13.8. The van der Waals surface area contributed by atoms with Gasteiger partial charge >= 0.3 is 0 Å². The summed E-state index contributed by atoms with van der Waals surface area (Å²) in [5, 5.41) is 2.96. The van der Waals surface area contributed by atoms with Crippen LogP contribution in [0.15, 0.2) is 41.4 Å². The minimum absolute atomic E-state index is 0.212. The van der Waals surface area contributed by atoms with E-state index in [-0.39, 0.29) is 5.82 Å². The molecule has 1 rings (SSSR count). The molecular formula is C15H22FN3. The van der Waals surface area contributed by atoms with Crippen LogP contribution in [0.2, 0.25) is 0 Å². The van der Waals surface area contributed by atoms with E-state index in [1.165, 1.54) is 6.07 Å². The normalized spacial score (nSPS) is 12.3. The number of hydrogen-bond acceptors (Lipinski definition) is 1. The number of nitrogens with one attached hydrogen (secondary N) is 1. The minimum atomic E-state index is -0.402. The Labute approximate surface area is 114 Å². The van der Waals surface area contributed by atoms with Crippen molar-refractivity contribution in [3.63, 3.8) is 0 Å². The molecule has 0 heterocycles. The fourth-order valence-corrected chi connectivity index (χ4v) is 1.68. The lowest BCUT2D eigenvalue weighted by Crippen LogP contribution is -2.34. The summed E-state index contributed by atoms with van der Waals surface area (Å²) in [6, 6.07) is 6.75. The maximum Gasteiger partial charge on any atom is 0.188 e. The molecule has 19 heavy (non-hydrogen) atoms. The van der Waals surface area contributed by atoms with Crippen LogP contribution < -0.4 is 11.1 Å². The fraction of sp³-hybridized carbons (Fsp3) is 0.400. The lowest BCUT2D eigenvalue weighted by Gasteiger charge is -2.23. The number of halogens is 1. The van der Waals surface area contributed by atoms with E-state index >= 15 is 0 Å². The van der Waals surface area contributed by atoms with Crippen molar-refractivity contribution in [3.05, 3.63) is 47.8 Å². The van der Waals surface area contributed by atoms with Crippen LogP contribution in [0, 0.1) is 5.82 Å². The number of guanidine groups is 1. The van der Waals surface area contributed by atoms with E-state index in [0.29, 0.717) is 24.6 Å². The molecule has 0 saturated heterocycles. The summed E-state index contributed by atoms with van der Waals surface area (Å²) in [6.45, 7) is 10.6. The van der Waals surface area contributed by atoms with Crippen molar-refractivity contribution in [2.75, 3.05) is 13.1 Å². The SMILES string of the molecule is C=C(C)CNC(N)=NCC(C)(C)c1ccccc1F. The maximum atomic E-state index is 13.8. The molecule has 0 aromatic heterocycles. The van der Waals surface area contributed by atoms with E-state index < -0.39 is 5.41 Å². The number of benzene rings is 1. The van der Waals surface area contributed by atoms with Gasteiger partial charge in [0, 0.05) is 12.0 Å². The van der Waals surface area contributed by atoms with Gasteiger partial charge in [0.2, 0.25) is 0 Å². The molecule has 3 N–H and O–H groups in total. The average Bonchev–Trinajstić information content (AvgIpc) is 2.34. The Kier molecular flexibility index (Phi) is 5.10. The number of rotatable bonds is 5. The highest BCUT2D eigenvalue weighted by Crippen LogP contribution is 2.25. The Morgan fingerprint density at radius 1 is 1.42 bits per heavy atom. The molecule has 0 unspecified atom stereocenters. The standard InChI is InChI=1S/C15H22FN3/c1-11(2)9-18-14(17)19-10-15(3,4)12-7-5-6-8-13(12)16/h5-8H,1,9-10H2,2-4H3,(H3,17,18,19). The molecule has 104 valence electrons. The molecule has 0 fully saturated rings. The van der Waals surface area contributed by atoms with Gasteiger partial charge in [-0.25, -0.2) is 4.39 Å². The molecule has 1 aromatic carbocycles. The van der Waals surface area contributed by atoms with Gasteiger partial charge in [0.25, 0.3) is 0 Å². The van der Waals surface area contributed by atoms with Crippen LogP contribution in [0.5, 0.6) is 0 Å². The van der Waals surface area contributed by atoms with Gasteiger partial charge in [-0.05, 0) is 18.6 Å². The molecule has 0 aliphatic carbocycles. The zero-order chi connectivity index (χ0) is 14.5. The second-order valence-electron chi connectivity index (χ2n) is 5.38. The quantitative estimate of drug-likeness (QED) is 0.487. The highest BCUT2D eigenvalue weighted by molar-refractivity contribution is 5.78. The highest BCUT2D eigenvalue weighted by atomic mass is 19.1. The fourth-order valence-electron chi connectivity index (χ4n) is 1.68. The molecule has 0 atom stereocenters. The zero-order valence-electron chi connectivity index (χ0n) is 11.8. The first-order chi connectivity index (χ1) is 8.83. The Bertz CT molecular complexity index is 478. The smallest absolute Gasteiger partial charge is 0.188 e. The summed E-state index contributed by atoms with van der Waals surface area (Å²) in [5.41, 5.74) is 6.97. The van der Waals surface area contributed by atoms with E-state index in [2.05, 4.69) is 16.9 Å². The molecule has 4 heteroatoms. The van der Waals surface area contributed by atoms with Crippen LogP contribution in [0.25, 0.3) is 0 Å². The monoisotopic (exact) mass is 263 g/mol. The molecule has 0 saturated carbocycles. The number of aliphatic imine (C=N–C) groups is 1. The van der Waals surface area contributed by atoms with E-state index in [1.807, 2.05) is 26.8 Å². The van der Waals surface area contributed by atoms with Crippen LogP contribution in [0.3, 0.4) is 0 Å². The van der Waals surface area contributed by atoms with E-state index in [1.54, 1.807) is 12.1 Å². The summed E-state index contributed by atoms with van der Waals surface area (Å²) in [7, 11) is 0. The Balaban J connectivity index is 2.72. The van der Waals surface area contributed by atoms with Crippen molar-refractivity contribution in [1.82, 2.24) is 5.32 Å². The van der Waals surface area contributed by atoms with Gasteiger partial charge in [0.15, 0.2) is 5.96 Å². The molecule has 3 nitrogen and oxygen atoms in total. The van der Waals surface area contributed by atoms with Crippen LogP contribution in [-0.2, 0) is 5.41 Å². The third-order valence-electron chi connectivity index (χ3n) is 2.82. The van der Waals surface area contributed by atoms with Gasteiger partial charge in [-0.15, -0.1) is 0 Å². The third-order valence-corrected chi connectivity index (χ3v) is 2.82. The van der Waals surface area contributed by atoms with Gasteiger partial charge in [-0.1, -0.05) is 44.2 Å². The highest BCUT2D eigenvalue weighted by Gasteiger charge is 2.23. The summed E-state index contributed by atoms with van der Waals surface area (Å²) < 4.78 is 13.8. The predicted octanol–water partition coefficient (Wildman–Crippen LogP) is 2.58. The lowest BCUT2D eigenvalue weighted by molar-refractivity contribution is 0.493. The second-order valence-corrected chi connectivity index (χ2v) is 5.38. The van der Waals surface area contributed by atoms with Crippen molar-refractivity contribution in [2.45, 2.75) is 26.2 Å². The van der Waals surface area contributed by atoms with Crippen molar-refractivity contribution in [3.8, 4) is 0 Å². The minimum Gasteiger partial charge on any atom is -0.370 e. The zero-order valence-corrected chi connectivity index (χ0v) is 11.8. The number of nitrogens with two attached hydrogens (primary N) is 1. The van der Waals surface area contributed by atoms with Gasteiger partial charge in [-0.3, -0.25) is 4.99 Å². The summed E-state index contributed by atoms with van der Waals surface area (Å²) in [4.78, 5) is 4.26. The molecule has 0 aliphatic heterocycles. The molecule has 1 aromatic rings. The lowest BCUT2D eigenvalue weighted by atomic mass is 9.84. The van der Waals surface area contributed by atoms with Crippen molar-refractivity contribution >= 4 is 5.96 Å². The Morgan fingerprint density at radius 2 is 2.05 bits per heavy atom. The van der Waals surface area contributed by atoms with E-state index in [0.717, 1.165) is 5.57 Å². The molecule has 0 spiro atoms. The second kappa shape index (κ2) is 6.36. The van der Waals surface area contributed by atoms with Crippen molar-refractivity contribution in [2.24, 2.45) is 10.7 Å². The van der Waals surface area contributed by atoms with Crippen LogP contribution in [0.4, 0.5) is 4.39 Å². The summed E-state index contributed by atoms with van der Waals surface area (Å²) >= 11 is 0. The van der Waals surface area contributed by atoms with Gasteiger partial charge in [0.05, 0.1) is 6.54 Å². The molecule has 0 bridgehead atoms. The van der Waals surface area contributed by atoms with Crippen molar-refractivity contribution in [1.29, 1.82) is 0 Å². The molecule has 0 radical (unpaired) electrons. The molecular weight excluding hydrogens is 241 g/mol. The largest absolute Gasteiger partial charge is 0.370 e. The summed E-state index contributed by atoms with van der Waals surface area (Å²) in [5.74, 6) is 0.142. The first kappa shape index (κ1) is 15.2. The number of hydrogen-bond donors (Lipinski definition) is 2.